The van der Waals surface area contributed by atoms with E-state index in [1.165, 1.54) is 0 Å². The van der Waals surface area contributed by atoms with E-state index in [2.05, 4.69) is 17.9 Å². The SMILES string of the molecule is C[C@H]1COCCN1CCOc1cccc(C#N)c1. The molecule has 0 bridgehead atoms. The highest BCUT2D eigenvalue weighted by atomic mass is 16.5. The molecule has 0 aromatic heterocycles. The van der Waals surface area contributed by atoms with Gasteiger partial charge in [-0.1, -0.05) is 6.07 Å². The minimum atomic E-state index is 0.452. The number of nitriles is 1. The first-order valence-electron chi connectivity index (χ1n) is 6.24. The molecule has 96 valence electrons. The zero-order valence-corrected chi connectivity index (χ0v) is 10.6. The second-order valence-corrected chi connectivity index (χ2v) is 4.45. The normalized spacial score (nSPS) is 20.3. The molecule has 0 spiro atoms. The molecule has 0 N–H and O–H groups in total. The lowest BCUT2D eigenvalue weighted by molar-refractivity contribution is -0.00514. The van der Waals surface area contributed by atoms with Crippen LogP contribution in [0, 0.1) is 11.3 Å². The number of hydrogen-bond acceptors (Lipinski definition) is 4. The molecule has 2 rings (SSSR count). The van der Waals surface area contributed by atoms with Gasteiger partial charge in [0.1, 0.15) is 12.4 Å². The Morgan fingerprint density at radius 3 is 3.22 bits per heavy atom. The first-order valence-corrected chi connectivity index (χ1v) is 6.24. The Kier molecular flexibility index (Phi) is 4.57. The van der Waals surface area contributed by atoms with Gasteiger partial charge in [-0.05, 0) is 25.1 Å². The first kappa shape index (κ1) is 12.9. The zero-order valence-electron chi connectivity index (χ0n) is 10.6. The molecule has 1 aromatic rings. The molecule has 1 heterocycles. The quantitative estimate of drug-likeness (QED) is 0.810. The fourth-order valence-corrected chi connectivity index (χ4v) is 2.03. The van der Waals surface area contributed by atoms with Crippen molar-refractivity contribution >= 4 is 0 Å². The minimum absolute atomic E-state index is 0.452. The van der Waals surface area contributed by atoms with Crippen molar-refractivity contribution in [2.75, 3.05) is 32.9 Å². The summed E-state index contributed by atoms with van der Waals surface area (Å²) >= 11 is 0. The number of morpholine rings is 1. The van der Waals surface area contributed by atoms with E-state index in [0.717, 1.165) is 32.1 Å². The third kappa shape index (κ3) is 3.46. The van der Waals surface area contributed by atoms with Crippen molar-refractivity contribution in [3.63, 3.8) is 0 Å². The molecular weight excluding hydrogens is 228 g/mol. The highest BCUT2D eigenvalue weighted by Gasteiger charge is 2.17. The summed E-state index contributed by atoms with van der Waals surface area (Å²) < 4.78 is 11.1. The van der Waals surface area contributed by atoms with Gasteiger partial charge in [0.05, 0.1) is 24.8 Å². The molecule has 1 atom stereocenters. The average molecular weight is 246 g/mol. The van der Waals surface area contributed by atoms with Crippen molar-refractivity contribution in [1.29, 1.82) is 5.26 Å². The molecule has 4 heteroatoms. The number of benzene rings is 1. The van der Waals surface area contributed by atoms with Gasteiger partial charge in [-0.3, -0.25) is 4.90 Å². The minimum Gasteiger partial charge on any atom is -0.492 e. The summed E-state index contributed by atoms with van der Waals surface area (Å²) in [4.78, 5) is 2.36. The highest BCUT2D eigenvalue weighted by molar-refractivity contribution is 5.36. The molecule has 0 radical (unpaired) electrons. The van der Waals surface area contributed by atoms with Crippen molar-refractivity contribution in [3.8, 4) is 11.8 Å². The lowest BCUT2D eigenvalue weighted by Crippen LogP contribution is -2.45. The van der Waals surface area contributed by atoms with Crippen LogP contribution in [0.15, 0.2) is 24.3 Å². The maximum absolute atomic E-state index is 8.80. The van der Waals surface area contributed by atoms with Gasteiger partial charge < -0.3 is 9.47 Å². The van der Waals surface area contributed by atoms with Gasteiger partial charge >= 0.3 is 0 Å². The average Bonchev–Trinajstić information content (AvgIpc) is 2.41. The fourth-order valence-electron chi connectivity index (χ4n) is 2.03. The maximum Gasteiger partial charge on any atom is 0.120 e. The van der Waals surface area contributed by atoms with Crippen LogP contribution < -0.4 is 4.74 Å². The van der Waals surface area contributed by atoms with Crippen molar-refractivity contribution in [3.05, 3.63) is 29.8 Å². The van der Waals surface area contributed by atoms with Crippen LogP contribution in [0.5, 0.6) is 5.75 Å². The molecule has 1 aliphatic heterocycles. The molecule has 4 nitrogen and oxygen atoms in total. The summed E-state index contributed by atoms with van der Waals surface area (Å²) in [5, 5.41) is 8.80. The van der Waals surface area contributed by atoms with Gasteiger partial charge in [0.2, 0.25) is 0 Å². The van der Waals surface area contributed by atoms with Gasteiger partial charge in [-0.15, -0.1) is 0 Å². The molecule has 18 heavy (non-hydrogen) atoms. The van der Waals surface area contributed by atoms with Gasteiger partial charge in [-0.2, -0.15) is 5.26 Å². The summed E-state index contributed by atoms with van der Waals surface area (Å²) in [5.74, 6) is 0.759. The Balaban J connectivity index is 1.79. The Labute approximate surface area is 108 Å². The standard InChI is InChI=1S/C14H18N2O2/c1-12-11-17-7-5-16(12)6-8-18-14-4-2-3-13(9-14)10-15/h2-4,9,12H,5-8,11H2,1H3/t12-/m0/s1. The van der Waals surface area contributed by atoms with E-state index in [0.29, 0.717) is 18.2 Å². The summed E-state index contributed by atoms with van der Waals surface area (Å²) in [7, 11) is 0. The molecule has 0 unspecified atom stereocenters. The van der Waals surface area contributed by atoms with Crippen LogP contribution in [0.1, 0.15) is 12.5 Å². The number of ether oxygens (including phenoxy) is 2. The van der Waals surface area contributed by atoms with Crippen LogP contribution >= 0.6 is 0 Å². The molecule has 1 saturated heterocycles. The maximum atomic E-state index is 8.80. The summed E-state index contributed by atoms with van der Waals surface area (Å²) in [5.41, 5.74) is 0.632. The van der Waals surface area contributed by atoms with Gasteiger partial charge in [-0.25, -0.2) is 0 Å². The third-order valence-corrected chi connectivity index (χ3v) is 3.12. The summed E-state index contributed by atoms with van der Waals surface area (Å²) in [6.07, 6.45) is 0. The van der Waals surface area contributed by atoms with Crippen molar-refractivity contribution in [1.82, 2.24) is 4.90 Å². The van der Waals surface area contributed by atoms with E-state index in [1.54, 1.807) is 12.1 Å². The van der Waals surface area contributed by atoms with Crippen LogP contribution in [0.3, 0.4) is 0 Å². The van der Waals surface area contributed by atoms with E-state index in [-0.39, 0.29) is 0 Å². The van der Waals surface area contributed by atoms with Crippen LogP contribution in [0.4, 0.5) is 0 Å². The first-order chi connectivity index (χ1) is 8.79. The number of hydrogen-bond donors (Lipinski definition) is 0. The fraction of sp³-hybridized carbons (Fsp3) is 0.500. The summed E-state index contributed by atoms with van der Waals surface area (Å²) in [6.45, 7) is 6.25. The second kappa shape index (κ2) is 6.39. The van der Waals surface area contributed by atoms with Crippen LogP contribution in [-0.4, -0.2) is 43.9 Å². The third-order valence-electron chi connectivity index (χ3n) is 3.12. The van der Waals surface area contributed by atoms with E-state index in [9.17, 15) is 0 Å². The van der Waals surface area contributed by atoms with Crippen molar-refractivity contribution in [2.24, 2.45) is 0 Å². The topological polar surface area (TPSA) is 45.5 Å². The van der Waals surface area contributed by atoms with Crippen LogP contribution in [0.2, 0.25) is 0 Å². The number of nitrogens with zero attached hydrogens (tertiary/aromatic N) is 2. The largest absolute Gasteiger partial charge is 0.492 e. The summed E-state index contributed by atoms with van der Waals surface area (Å²) in [6, 6.07) is 9.82. The van der Waals surface area contributed by atoms with E-state index in [4.69, 9.17) is 14.7 Å². The lowest BCUT2D eigenvalue weighted by Gasteiger charge is -2.32. The molecular formula is C14H18N2O2. The second-order valence-electron chi connectivity index (χ2n) is 4.45. The predicted molar refractivity (Wildman–Crippen MR) is 68.5 cm³/mol. The van der Waals surface area contributed by atoms with Gasteiger partial charge in [0.15, 0.2) is 0 Å². The molecule has 1 fully saturated rings. The smallest absolute Gasteiger partial charge is 0.120 e. The molecule has 1 aliphatic rings. The highest BCUT2D eigenvalue weighted by Crippen LogP contribution is 2.13. The van der Waals surface area contributed by atoms with Crippen molar-refractivity contribution < 1.29 is 9.47 Å². The van der Waals surface area contributed by atoms with Crippen LogP contribution in [0.25, 0.3) is 0 Å². The van der Waals surface area contributed by atoms with Crippen molar-refractivity contribution in [2.45, 2.75) is 13.0 Å². The molecule has 0 saturated carbocycles. The zero-order chi connectivity index (χ0) is 12.8. The molecule has 0 amide bonds. The monoisotopic (exact) mass is 246 g/mol. The lowest BCUT2D eigenvalue weighted by atomic mass is 10.2. The Hall–Kier alpha value is -1.57. The van der Waals surface area contributed by atoms with Crippen LogP contribution in [-0.2, 0) is 4.74 Å². The van der Waals surface area contributed by atoms with E-state index in [1.807, 2.05) is 12.1 Å². The Bertz CT molecular complexity index is 428. The van der Waals surface area contributed by atoms with Gasteiger partial charge in [0.25, 0.3) is 0 Å². The molecule has 1 aromatic carbocycles. The van der Waals surface area contributed by atoms with E-state index < -0.39 is 0 Å². The Morgan fingerprint density at radius 1 is 1.56 bits per heavy atom. The Morgan fingerprint density at radius 2 is 2.44 bits per heavy atom. The van der Waals surface area contributed by atoms with E-state index >= 15 is 0 Å². The molecule has 0 aliphatic carbocycles. The van der Waals surface area contributed by atoms with Gasteiger partial charge in [0, 0.05) is 19.1 Å². The predicted octanol–water partition coefficient (Wildman–Crippen LogP) is 1.66. The number of rotatable bonds is 4.